The lowest BCUT2D eigenvalue weighted by atomic mass is 9.97. The minimum Gasteiger partial charge on any atom is -0.445 e. The molecule has 8 heteroatoms. The monoisotopic (exact) mass is 402 g/mol. The lowest BCUT2D eigenvalue weighted by Crippen LogP contribution is -2.41. The van der Waals surface area contributed by atoms with Gasteiger partial charge in [0.25, 0.3) is 5.91 Å². The van der Waals surface area contributed by atoms with Gasteiger partial charge in [0.05, 0.1) is 0 Å². The number of carbonyl (C=O) groups is 2. The lowest BCUT2D eigenvalue weighted by molar-refractivity contribution is 0.0801. The number of nitrogens with zero attached hydrogens (tertiary/aromatic N) is 2. The topological polar surface area (TPSA) is 97.6 Å². The molecule has 0 bridgehead atoms. The number of carbonyl (C=O) groups excluding carboxylic acids is 2. The summed E-state index contributed by atoms with van der Waals surface area (Å²) in [4.78, 5) is 30.0. The molecule has 3 rings (SSSR count). The third-order valence-corrected chi connectivity index (χ3v) is 4.90. The maximum absolute atomic E-state index is 12.2. The number of anilines is 1. The Morgan fingerprint density at radius 3 is 2.61 bits per heavy atom. The van der Waals surface area contributed by atoms with Crippen LogP contribution in [0.2, 0.25) is 5.15 Å². The Labute approximate surface area is 168 Å². The molecule has 0 aliphatic carbocycles. The largest absolute Gasteiger partial charge is 0.445 e. The second-order valence-corrected chi connectivity index (χ2v) is 7.17. The molecule has 1 saturated heterocycles. The maximum atomic E-state index is 12.2. The first kappa shape index (κ1) is 19.9. The van der Waals surface area contributed by atoms with Gasteiger partial charge < -0.3 is 20.7 Å². The number of nitrogens with one attached hydrogen (secondary N) is 1. The van der Waals surface area contributed by atoms with Gasteiger partial charge in [0, 0.05) is 25.2 Å². The van der Waals surface area contributed by atoms with Crippen molar-refractivity contribution in [2.45, 2.75) is 19.4 Å². The van der Waals surface area contributed by atoms with Crippen molar-refractivity contribution in [3.63, 3.8) is 0 Å². The molecule has 0 saturated carbocycles. The van der Waals surface area contributed by atoms with E-state index in [-0.39, 0.29) is 29.6 Å². The molecular weight excluding hydrogens is 380 g/mol. The van der Waals surface area contributed by atoms with Crippen LogP contribution >= 0.6 is 11.6 Å². The van der Waals surface area contributed by atoms with E-state index in [2.05, 4.69) is 10.3 Å². The zero-order valence-corrected chi connectivity index (χ0v) is 16.2. The molecule has 1 aliphatic rings. The van der Waals surface area contributed by atoms with Crippen LogP contribution in [0, 0.1) is 5.92 Å². The summed E-state index contributed by atoms with van der Waals surface area (Å²) >= 11 is 5.83. The molecule has 2 heterocycles. The minimum absolute atomic E-state index is 0.187. The Morgan fingerprint density at radius 1 is 1.21 bits per heavy atom. The van der Waals surface area contributed by atoms with Crippen molar-refractivity contribution in [1.82, 2.24) is 15.2 Å². The number of pyridine rings is 1. The summed E-state index contributed by atoms with van der Waals surface area (Å²) in [6, 6.07) is 12.6. The number of halogens is 1. The van der Waals surface area contributed by atoms with Crippen LogP contribution < -0.4 is 11.1 Å². The van der Waals surface area contributed by atoms with E-state index in [0.717, 1.165) is 18.4 Å². The predicted molar refractivity (Wildman–Crippen MR) is 107 cm³/mol. The summed E-state index contributed by atoms with van der Waals surface area (Å²) in [5.41, 5.74) is 6.97. The molecule has 1 aromatic carbocycles. The molecule has 28 heavy (non-hydrogen) atoms. The highest BCUT2D eigenvalue weighted by Crippen LogP contribution is 2.18. The van der Waals surface area contributed by atoms with Crippen LogP contribution in [0.1, 0.15) is 28.8 Å². The van der Waals surface area contributed by atoms with Gasteiger partial charge in [-0.1, -0.05) is 41.9 Å². The van der Waals surface area contributed by atoms with Crippen LogP contribution in [0.25, 0.3) is 0 Å². The van der Waals surface area contributed by atoms with Gasteiger partial charge in [-0.3, -0.25) is 4.79 Å². The summed E-state index contributed by atoms with van der Waals surface area (Å²) in [5, 5.41) is 3.09. The number of rotatable bonds is 5. The number of aromatic nitrogens is 1. The summed E-state index contributed by atoms with van der Waals surface area (Å²) in [7, 11) is 0. The number of hydrogen-bond donors (Lipinski definition) is 2. The highest BCUT2D eigenvalue weighted by molar-refractivity contribution is 6.29. The van der Waals surface area contributed by atoms with Crippen molar-refractivity contribution in [2.24, 2.45) is 5.92 Å². The lowest BCUT2D eigenvalue weighted by Gasteiger charge is -2.31. The highest BCUT2D eigenvalue weighted by atomic mass is 35.5. The normalized spacial score (nSPS) is 14.5. The molecule has 148 valence electrons. The second-order valence-electron chi connectivity index (χ2n) is 6.78. The third-order valence-electron chi connectivity index (χ3n) is 4.71. The minimum atomic E-state index is -0.298. The van der Waals surface area contributed by atoms with E-state index in [1.54, 1.807) is 4.90 Å². The predicted octanol–water partition coefficient (Wildman–Crippen LogP) is 3.10. The molecule has 0 radical (unpaired) electrons. The molecule has 2 amide bonds. The summed E-state index contributed by atoms with van der Waals surface area (Å²) in [6.45, 7) is 2.03. The van der Waals surface area contributed by atoms with Crippen molar-refractivity contribution in [2.75, 3.05) is 25.4 Å². The van der Waals surface area contributed by atoms with Crippen LogP contribution in [0.3, 0.4) is 0 Å². The number of piperidine rings is 1. The molecule has 2 aromatic rings. The molecular formula is C20H23ClN4O3. The summed E-state index contributed by atoms with van der Waals surface area (Å²) < 4.78 is 5.37. The molecule has 0 spiro atoms. The SMILES string of the molecule is Nc1cc(C(=O)NCC2CCN(C(=O)OCc3ccccc3)CC2)cc(Cl)n1. The number of nitrogen functional groups attached to an aromatic ring is 1. The van der Waals surface area contributed by atoms with Gasteiger partial charge in [-0.2, -0.15) is 0 Å². The van der Waals surface area contributed by atoms with Crippen LogP contribution in [-0.2, 0) is 11.3 Å². The first-order valence-corrected chi connectivity index (χ1v) is 9.56. The quantitative estimate of drug-likeness (QED) is 0.749. The molecule has 1 aromatic heterocycles. The number of likely N-dealkylation sites (tertiary alicyclic amines) is 1. The van der Waals surface area contributed by atoms with E-state index in [1.165, 1.54) is 12.1 Å². The fourth-order valence-electron chi connectivity index (χ4n) is 3.12. The van der Waals surface area contributed by atoms with Crippen molar-refractivity contribution >= 4 is 29.4 Å². The van der Waals surface area contributed by atoms with Gasteiger partial charge >= 0.3 is 6.09 Å². The van der Waals surface area contributed by atoms with E-state index in [9.17, 15) is 9.59 Å². The Morgan fingerprint density at radius 2 is 1.93 bits per heavy atom. The average Bonchev–Trinajstić information content (AvgIpc) is 2.70. The molecule has 0 atom stereocenters. The van der Waals surface area contributed by atoms with Crippen molar-refractivity contribution in [3.05, 3.63) is 58.7 Å². The van der Waals surface area contributed by atoms with Crippen molar-refractivity contribution in [1.29, 1.82) is 0 Å². The Hall–Kier alpha value is -2.80. The smallest absolute Gasteiger partial charge is 0.410 e. The molecule has 3 N–H and O–H groups in total. The van der Waals surface area contributed by atoms with Gasteiger partial charge in [-0.25, -0.2) is 9.78 Å². The fraction of sp³-hybridized carbons (Fsp3) is 0.350. The summed E-state index contributed by atoms with van der Waals surface area (Å²) in [6.07, 6.45) is 1.31. The Bertz CT molecular complexity index is 803. The van der Waals surface area contributed by atoms with Crippen molar-refractivity contribution in [3.8, 4) is 0 Å². The number of amides is 2. The summed E-state index contributed by atoms with van der Waals surface area (Å²) in [5.74, 6) is 0.275. The van der Waals surface area contributed by atoms with Crippen LogP contribution in [-0.4, -0.2) is 41.5 Å². The van der Waals surface area contributed by atoms with E-state index < -0.39 is 0 Å². The number of ether oxygens (including phenoxy) is 1. The maximum Gasteiger partial charge on any atom is 0.410 e. The van der Waals surface area contributed by atoms with Gasteiger partial charge in [0.1, 0.15) is 17.6 Å². The van der Waals surface area contributed by atoms with E-state index in [1.807, 2.05) is 30.3 Å². The van der Waals surface area contributed by atoms with Gasteiger partial charge in [-0.05, 0) is 36.5 Å². The number of hydrogen-bond acceptors (Lipinski definition) is 5. The van der Waals surface area contributed by atoms with Gasteiger partial charge in [0.15, 0.2) is 0 Å². The molecule has 1 aliphatic heterocycles. The average molecular weight is 403 g/mol. The van der Waals surface area contributed by atoms with Crippen LogP contribution in [0.5, 0.6) is 0 Å². The first-order chi connectivity index (χ1) is 13.5. The molecule has 7 nitrogen and oxygen atoms in total. The van der Waals surface area contributed by atoms with Gasteiger partial charge in [-0.15, -0.1) is 0 Å². The van der Waals surface area contributed by atoms with Crippen LogP contribution in [0.15, 0.2) is 42.5 Å². The van der Waals surface area contributed by atoms with E-state index in [4.69, 9.17) is 22.1 Å². The van der Waals surface area contributed by atoms with E-state index >= 15 is 0 Å². The zero-order chi connectivity index (χ0) is 19.9. The van der Waals surface area contributed by atoms with Crippen LogP contribution in [0.4, 0.5) is 10.6 Å². The second kappa shape index (κ2) is 9.41. The fourth-order valence-corrected chi connectivity index (χ4v) is 3.33. The van der Waals surface area contributed by atoms with E-state index in [0.29, 0.717) is 31.1 Å². The number of benzene rings is 1. The Balaban J connectivity index is 1.40. The highest BCUT2D eigenvalue weighted by Gasteiger charge is 2.24. The molecule has 1 fully saturated rings. The van der Waals surface area contributed by atoms with Crippen molar-refractivity contribution < 1.29 is 14.3 Å². The zero-order valence-electron chi connectivity index (χ0n) is 15.4. The first-order valence-electron chi connectivity index (χ1n) is 9.18. The van der Waals surface area contributed by atoms with Gasteiger partial charge in [0.2, 0.25) is 0 Å². The Kier molecular flexibility index (Phi) is 6.71. The number of nitrogens with two attached hydrogens (primary N) is 1. The molecule has 0 unspecified atom stereocenters. The standard InChI is InChI=1S/C20H23ClN4O3/c21-17-10-16(11-18(22)24-17)19(26)23-12-14-6-8-25(9-7-14)20(27)28-13-15-4-2-1-3-5-15/h1-5,10-11,14H,6-9,12-13H2,(H2,22,24)(H,23,26). The third kappa shape index (κ3) is 5.60.